The summed E-state index contributed by atoms with van der Waals surface area (Å²) in [6, 6.07) is 19.2. The van der Waals surface area contributed by atoms with Gasteiger partial charge in [0.2, 0.25) is 0 Å². The molecule has 2 unspecified atom stereocenters. The standard InChI is InChI=1S/C23H23NS2/c1-2-5-17(6-3-1)23(18-10-12-25-16-18)19-13-20-8-9-21(14-19)24(20)15-22-7-4-11-26-22/h1-7,10-12,16,20-21H,8-9,13-15H2. The lowest BCUT2D eigenvalue weighted by molar-refractivity contribution is 0.159. The third-order valence-corrected chi connectivity index (χ3v) is 7.42. The van der Waals surface area contributed by atoms with Crippen LogP contribution in [0.1, 0.15) is 41.7 Å². The van der Waals surface area contributed by atoms with Crippen LogP contribution in [0.3, 0.4) is 0 Å². The third-order valence-electron chi connectivity index (χ3n) is 5.88. The highest BCUT2D eigenvalue weighted by molar-refractivity contribution is 7.09. The molecule has 1 nitrogen and oxygen atoms in total. The lowest BCUT2D eigenvalue weighted by atomic mass is 9.86. The zero-order valence-electron chi connectivity index (χ0n) is 14.8. The predicted octanol–water partition coefficient (Wildman–Crippen LogP) is 6.44. The number of hydrogen-bond acceptors (Lipinski definition) is 3. The van der Waals surface area contributed by atoms with Crippen LogP contribution in [0.25, 0.3) is 5.57 Å². The summed E-state index contributed by atoms with van der Waals surface area (Å²) in [7, 11) is 0. The lowest BCUT2D eigenvalue weighted by Crippen LogP contribution is -2.39. The van der Waals surface area contributed by atoms with Gasteiger partial charge in [-0.2, -0.15) is 11.3 Å². The second-order valence-electron chi connectivity index (χ2n) is 7.40. The van der Waals surface area contributed by atoms with Gasteiger partial charge in [0, 0.05) is 23.5 Å². The van der Waals surface area contributed by atoms with Gasteiger partial charge in [-0.15, -0.1) is 11.3 Å². The van der Waals surface area contributed by atoms with E-state index in [9.17, 15) is 0 Å². The van der Waals surface area contributed by atoms with E-state index in [1.54, 1.807) is 16.9 Å². The normalized spacial score (nSPS) is 22.7. The minimum Gasteiger partial charge on any atom is -0.292 e. The summed E-state index contributed by atoms with van der Waals surface area (Å²) < 4.78 is 0. The van der Waals surface area contributed by atoms with E-state index in [2.05, 4.69) is 69.6 Å². The van der Waals surface area contributed by atoms with Crippen molar-refractivity contribution < 1.29 is 0 Å². The van der Waals surface area contributed by atoms with E-state index < -0.39 is 0 Å². The van der Waals surface area contributed by atoms with Crippen LogP contribution < -0.4 is 0 Å². The van der Waals surface area contributed by atoms with Crippen molar-refractivity contribution in [1.29, 1.82) is 0 Å². The van der Waals surface area contributed by atoms with Crippen molar-refractivity contribution in [3.63, 3.8) is 0 Å². The number of benzene rings is 1. The Kier molecular flexibility index (Phi) is 4.53. The maximum absolute atomic E-state index is 2.78. The first-order chi connectivity index (χ1) is 12.9. The molecule has 2 fully saturated rings. The summed E-state index contributed by atoms with van der Waals surface area (Å²) in [5.74, 6) is 0. The van der Waals surface area contributed by atoms with Crippen LogP contribution >= 0.6 is 22.7 Å². The maximum atomic E-state index is 2.78. The Morgan fingerprint density at radius 2 is 1.69 bits per heavy atom. The molecule has 2 atom stereocenters. The first kappa shape index (κ1) is 16.5. The van der Waals surface area contributed by atoms with Crippen molar-refractivity contribution in [2.24, 2.45) is 0 Å². The van der Waals surface area contributed by atoms with Crippen molar-refractivity contribution in [2.75, 3.05) is 0 Å². The first-order valence-electron chi connectivity index (χ1n) is 9.46. The van der Waals surface area contributed by atoms with Crippen molar-refractivity contribution in [1.82, 2.24) is 4.90 Å². The highest BCUT2D eigenvalue weighted by Crippen LogP contribution is 2.43. The van der Waals surface area contributed by atoms with Crippen molar-refractivity contribution in [3.8, 4) is 0 Å². The molecule has 0 N–H and O–H groups in total. The minimum atomic E-state index is 0.711. The topological polar surface area (TPSA) is 3.24 Å². The highest BCUT2D eigenvalue weighted by Gasteiger charge is 2.39. The van der Waals surface area contributed by atoms with E-state index in [0.717, 1.165) is 6.54 Å². The van der Waals surface area contributed by atoms with Gasteiger partial charge in [0.05, 0.1) is 0 Å². The molecule has 3 aromatic rings. The largest absolute Gasteiger partial charge is 0.292 e. The molecular weight excluding hydrogens is 354 g/mol. The van der Waals surface area contributed by atoms with E-state index >= 15 is 0 Å². The molecule has 2 bridgehead atoms. The Balaban J connectivity index is 1.49. The fourth-order valence-corrected chi connectivity index (χ4v) is 6.10. The van der Waals surface area contributed by atoms with Crippen LogP contribution in [0.5, 0.6) is 0 Å². The summed E-state index contributed by atoms with van der Waals surface area (Å²) in [4.78, 5) is 4.29. The van der Waals surface area contributed by atoms with Crippen molar-refractivity contribution in [2.45, 2.75) is 44.3 Å². The second kappa shape index (κ2) is 7.15. The van der Waals surface area contributed by atoms with Gasteiger partial charge in [-0.1, -0.05) is 42.0 Å². The van der Waals surface area contributed by atoms with E-state index in [4.69, 9.17) is 0 Å². The molecule has 26 heavy (non-hydrogen) atoms. The Morgan fingerprint density at radius 1 is 0.885 bits per heavy atom. The van der Waals surface area contributed by atoms with Gasteiger partial charge < -0.3 is 0 Å². The summed E-state index contributed by atoms with van der Waals surface area (Å²) in [5.41, 5.74) is 5.96. The highest BCUT2D eigenvalue weighted by atomic mass is 32.1. The summed E-state index contributed by atoms with van der Waals surface area (Å²) in [6.07, 6.45) is 5.15. The van der Waals surface area contributed by atoms with E-state index in [-0.39, 0.29) is 0 Å². The molecule has 0 aliphatic carbocycles. The molecule has 0 spiro atoms. The van der Waals surface area contributed by atoms with Crippen LogP contribution in [-0.4, -0.2) is 17.0 Å². The Labute approximate surface area is 163 Å². The quantitative estimate of drug-likeness (QED) is 0.506. The van der Waals surface area contributed by atoms with Crippen molar-refractivity contribution >= 4 is 28.2 Å². The molecule has 132 valence electrons. The zero-order valence-corrected chi connectivity index (χ0v) is 16.4. The van der Waals surface area contributed by atoms with Crippen LogP contribution in [-0.2, 0) is 6.54 Å². The second-order valence-corrected chi connectivity index (χ2v) is 9.21. The fraction of sp³-hybridized carbons (Fsp3) is 0.304. The van der Waals surface area contributed by atoms with Crippen molar-refractivity contribution in [3.05, 3.63) is 86.2 Å². The average Bonchev–Trinajstić information content (AvgIpc) is 3.41. The lowest BCUT2D eigenvalue weighted by Gasteiger charge is -2.37. The number of hydrogen-bond donors (Lipinski definition) is 0. The Morgan fingerprint density at radius 3 is 2.35 bits per heavy atom. The number of fused-ring (bicyclic) bond motifs is 2. The van der Waals surface area contributed by atoms with E-state index in [1.165, 1.54) is 47.3 Å². The van der Waals surface area contributed by atoms with Gasteiger partial charge in [0.15, 0.2) is 0 Å². The molecule has 1 aromatic carbocycles. The van der Waals surface area contributed by atoms with Gasteiger partial charge in [-0.3, -0.25) is 4.90 Å². The molecule has 0 amide bonds. The molecule has 4 heterocycles. The summed E-state index contributed by atoms with van der Waals surface area (Å²) in [6.45, 7) is 1.14. The molecule has 0 saturated carbocycles. The number of thiophene rings is 2. The Hall–Kier alpha value is -1.68. The third kappa shape index (κ3) is 3.09. The molecule has 0 radical (unpaired) electrons. The van der Waals surface area contributed by atoms with Crippen LogP contribution in [0.2, 0.25) is 0 Å². The molecular formula is C23H23NS2. The molecule has 2 aliphatic heterocycles. The molecule has 3 heteroatoms. The minimum absolute atomic E-state index is 0.711. The van der Waals surface area contributed by atoms with Gasteiger partial charge >= 0.3 is 0 Å². The van der Waals surface area contributed by atoms with Crippen LogP contribution in [0.4, 0.5) is 0 Å². The number of piperidine rings is 1. The first-order valence-corrected chi connectivity index (χ1v) is 11.3. The van der Waals surface area contributed by atoms with Crippen LogP contribution in [0, 0.1) is 0 Å². The molecule has 2 saturated heterocycles. The zero-order chi connectivity index (χ0) is 17.3. The smallest absolute Gasteiger partial charge is 0.0334 e. The van der Waals surface area contributed by atoms with Gasteiger partial charge in [-0.25, -0.2) is 0 Å². The van der Waals surface area contributed by atoms with E-state index in [0.29, 0.717) is 12.1 Å². The van der Waals surface area contributed by atoms with Gasteiger partial charge in [0.25, 0.3) is 0 Å². The number of nitrogens with zero attached hydrogens (tertiary/aromatic N) is 1. The maximum Gasteiger partial charge on any atom is 0.0334 e. The van der Waals surface area contributed by atoms with Gasteiger partial charge in [-0.05, 0) is 70.7 Å². The average molecular weight is 378 g/mol. The number of rotatable bonds is 4. The SMILES string of the molecule is c1ccc(C(=C2CC3CCC(C2)N3Cc2cccs2)c2ccsc2)cc1. The van der Waals surface area contributed by atoms with Crippen LogP contribution in [0.15, 0.2) is 70.2 Å². The fourth-order valence-electron chi connectivity index (χ4n) is 4.74. The molecule has 2 aromatic heterocycles. The van der Waals surface area contributed by atoms with Gasteiger partial charge in [0.1, 0.15) is 0 Å². The monoisotopic (exact) mass is 377 g/mol. The molecule has 2 aliphatic rings. The molecule has 5 rings (SSSR count). The summed E-state index contributed by atoms with van der Waals surface area (Å²) in [5, 5.41) is 6.73. The van der Waals surface area contributed by atoms with E-state index in [1.807, 2.05) is 11.3 Å². The summed E-state index contributed by atoms with van der Waals surface area (Å²) >= 11 is 3.70. The predicted molar refractivity (Wildman–Crippen MR) is 113 cm³/mol. The Bertz CT molecular complexity index is 862.